The minimum atomic E-state index is -4.60. The van der Waals surface area contributed by atoms with Crippen LogP contribution in [0, 0.1) is 0 Å². The molecule has 0 saturated carbocycles. The van der Waals surface area contributed by atoms with E-state index in [0.717, 1.165) is 17.7 Å². The predicted octanol–water partition coefficient (Wildman–Crippen LogP) is 2.50. The lowest BCUT2D eigenvalue weighted by Crippen LogP contribution is -2.26. The average Bonchev–Trinajstić information content (AvgIpc) is 2.91. The lowest BCUT2D eigenvalue weighted by Gasteiger charge is -2.14. The third kappa shape index (κ3) is 3.33. The van der Waals surface area contributed by atoms with Gasteiger partial charge in [0, 0.05) is 23.0 Å². The molecule has 1 aromatic carbocycles. The van der Waals surface area contributed by atoms with Crippen molar-refractivity contribution in [3.05, 3.63) is 47.3 Å². The van der Waals surface area contributed by atoms with Crippen molar-refractivity contribution in [2.75, 3.05) is 5.73 Å². The molecule has 0 bridgehead atoms. The van der Waals surface area contributed by atoms with E-state index in [-0.39, 0.29) is 11.6 Å². The average molecular weight is 298 g/mol. The van der Waals surface area contributed by atoms with E-state index in [2.05, 4.69) is 15.5 Å². The molecule has 21 heavy (non-hydrogen) atoms. The Kier molecular flexibility index (Phi) is 3.88. The Morgan fingerprint density at radius 2 is 2.14 bits per heavy atom. The van der Waals surface area contributed by atoms with Gasteiger partial charge in [-0.1, -0.05) is 0 Å². The Bertz CT molecular complexity index is 637. The van der Waals surface area contributed by atoms with Crippen molar-refractivity contribution in [1.82, 2.24) is 15.5 Å². The Balaban J connectivity index is 2.20. The first-order valence-corrected chi connectivity index (χ1v) is 6.05. The summed E-state index contributed by atoms with van der Waals surface area (Å²) >= 11 is 0. The molecule has 4 N–H and O–H groups in total. The minimum absolute atomic E-state index is 0.105. The number of nitrogens with two attached hydrogens (primary N) is 1. The summed E-state index contributed by atoms with van der Waals surface area (Å²) in [5.74, 6) is -0.616. The number of hydrogen-bond donors (Lipinski definition) is 3. The van der Waals surface area contributed by atoms with Crippen LogP contribution in [0.5, 0.6) is 0 Å². The number of H-pyrrole nitrogens is 1. The largest absolute Gasteiger partial charge is 0.418 e. The fraction of sp³-hybridized carbons (Fsp3) is 0.231. The van der Waals surface area contributed by atoms with Crippen LogP contribution >= 0.6 is 0 Å². The van der Waals surface area contributed by atoms with Gasteiger partial charge in [-0.25, -0.2) is 0 Å². The van der Waals surface area contributed by atoms with E-state index < -0.39 is 23.3 Å². The molecule has 0 fully saturated rings. The summed E-state index contributed by atoms with van der Waals surface area (Å²) in [6.45, 7) is 1.70. The summed E-state index contributed by atoms with van der Waals surface area (Å²) in [5.41, 5.74) is 4.47. The van der Waals surface area contributed by atoms with Crippen molar-refractivity contribution < 1.29 is 18.0 Å². The highest BCUT2D eigenvalue weighted by molar-refractivity contribution is 5.95. The third-order valence-corrected chi connectivity index (χ3v) is 2.99. The van der Waals surface area contributed by atoms with E-state index in [9.17, 15) is 18.0 Å². The normalized spacial score (nSPS) is 13.0. The van der Waals surface area contributed by atoms with Gasteiger partial charge in [0.05, 0.1) is 17.8 Å². The Morgan fingerprint density at radius 3 is 2.71 bits per heavy atom. The highest BCUT2D eigenvalue weighted by Crippen LogP contribution is 2.34. The van der Waals surface area contributed by atoms with Crippen LogP contribution in [0.2, 0.25) is 0 Å². The van der Waals surface area contributed by atoms with Crippen molar-refractivity contribution in [2.24, 2.45) is 0 Å². The second-order valence-corrected chi connectivity index (χ2v) is 4.53. The second-order valence-electron chi connectivity index (χ2n) is 4.53. The standard InChI is InChI=1S/C13H13F3N4O/c1-7(9-5-18-19-6-9)20-12(21)8-2-3-11(17)10(4-8)13(14,15)16/h2-7H,17H2,1H3,(H,18,19)(H,20,21). The smallest absolute Gasteiger partial charge is 0.398 e. The Labute approximate surface area is 118 Å². The van der Waals surface area contributed by atoms with E-state index in [1.807, 2.05) is 0 Å². The monoisotopic (exact) mass is 298 g/mol. The number of benzene rings is 1. The van der Waals surface area contributed by atoms with Crippen molar-refractivity contribution in [3.8, 4) is 0 Å². The van der Waals surface area contributed by atoms with Crippen LogP contribution in [-0.4, -0.2) is 16.1 Å². The number of aromatic nitrogens is 2. The van der Waals surface area contributed by atoms with Gasteiger partial charge in [0.15, 0.2) is 0 Å². The fourth-order valence-corrected chi connectivity index (χ4v) is 1.80. The quantitative estimate of drug-likeness (QED) is 0.761. The number of nitrogen functional groups attached to an aromatic ring is 1. The lowest BCUT2D eigenvalue weighted by atomic mass is 10.1. The summed E-state index contributed by atoms with van der Waals surface area (Å²) in [6.07, 6.45) is -1.49. The molecule has 1 heterocycles. The zero-order valence-electron chi connectivity index (χ0n) is 11.0. The molecule has 1 aromatic heterocycles. The minimum Gasteiger partial charge on any atom is -0.398 e. The first-order valence-electron chi connectivity index (χ1n) is 6.05. The van der Waals surface area contributed by atoms with Gasteiger partial charge in [-0.15, -0.1) is 0 Å². The maximum atomic E-state index is 12.8. The molecular formula is C13H13F3N4O. The van der Waals surface area contributed by atoms with Crippen molar-refractivity contribution in [3.63, 3.8) is 0 Å². The molecule has 1 atom stereocenters. The van der Waals surface area contributed by atoms with Crippen LogP contribution in [0.25, 0.3) is 0 Å². The number of rotatable bonds is 3. The number of nitrogens with one attached hydrogen (secondary N) is 2. The van der Waals surface area contributed by atoms with Gasteiger partial charge in [-0.3, -0.25) is 9.89 Å². The fourth-order valence-electron chi connectivity index (χ4n) is 1.80. The van der Waals surface area contributed by atoms with Gasteiger partial charge in [0.1, 0.15) is 0 Å². The lowest BCUT2D eigenvalue weighted by molar-refractivity contribution is -0.136. The van der Waals surface area contributed by atoms with Crippen molar-refractivity contribution >= 4 is 11.6 Å². The van der Waals surface area contributed by atoms with Crippen LogP contribution in [0.1, 0.15) is 34.5 Å². The second kappa shape index (κ2) is 5.47. The number of carbonyl (C=O) groups is 1. The van der Waals surface area contributed by atoms with Gasteiger partial charge >= 0.3 is 6.18 Å². The first-order chi connectivity index (χ1) is 9.79. The van der Waals surface area contributed by atoms with Gasteiger partial charge in [-0.2, -0.15) is 18.3 Å². The Morgan fingerprint density at radius 1 is 1.43 bits per heavy atom. The van der Waals surface area contributed by atoms with Gasteiger partial charge in [0.2, 0.25) is 0 Å². The number of nitrogens with zero attached hydrogens (tertiary/aromatic N) is 1. The maximum Gasteiger partial charge on any atom is 0.418 e. The van der Waals surface area contributed by atoms with Gasteiger partial charge < -0.3 is 11.1 Å². The molecule has 0 aliphatic rings. The molecule has 1 unspecified atom stereocenters. The van der Waals surface area contributed by atoms with Crippen molar-refractivity contribution in [1.29, 1.82) is 0 Å². The zero-order chi connectivity index (χ0) is 15.6. The molecule has 2 rings (SSSR count). The highest BCUT2D eigenvalue weighted by Gasteiger charge is 2.33. The SMILES string of the molecule is CC(NC(=O)c1ccc(N)c(C(F)(F)F)c1)c1cn[nH]c1. The van der Waals surface area contributed by atoms with E-state index in [0.29, 0.717) is 0 Å². The van der Waals surface area contributed by atoms with Crippen LogP contribution in [-0.2, 0) is 6.18 Å². The molecular weight excluding hydrogens is 285 g/mol. The van der Waals surface area contributed by atoms with Crippen molar-refractivity contribution in [2.45, 2.75) is 19.1 Å². The Hall–Kier alpha value is -2.51. The number of aromatic amines is 1. The molecule has 0 saturated heterocycles. The summed E-state index contributed by atoms with van der Waals surface area (Å²) < 4.78 is 38.3. The van der Waals surface area contributed by atoms with Crippen LogP contribution < -0.4 is 11.1 Å². The number of carbonyl (C=O) groups excluding carboxylic acids is 1. The highest BCUT2D eigenvalue weighted by atomic mass is 19.4. The van der Waals surface area contributed by atoms with Gasteiger partial charge in [-0.05, 0) is 25.1 Å². The third-order valence-electron chi connectivity index (χ3n) is 2.99. The predicted molar refractivity (Wildman–Crippen MR) is 70.3 cm³/mol. The molecule has 0 spiro atoms. The topological polar surface area (TPSA) is 83.8 Å². The van der Waals surface area contributed by atoms with E-state index >= 15 is 0 Å². The van der Waals surface area contributed by atoms with E-state index in [1.54, 1.807) is 13.1 Å². The maximum absolute atomic E-state index is 12.8. The van der Waals surface area contributed by atoms with E-state index in [4.69, 9.17) is 5.73 Å². The molecule has 8 heteroatoms. The van der Waals surface area contributed by atoms with Crippen LogP contribution in [0.4, 0.5) is 18.9 Å². The first kappa shape index (κ1) is 14.9. The zero-order valence-corrected chi connectivity index (χ0v) is 11.0. The number of anilines is 1. The molecule has 0 radical (unpaired) electrons. The number of halogens is 3. The summed E-state index contributed by atoms with van der Waals surface area (Å²) in [6, 6.07) is 2.68. The number of amides is 1. The molecule has 0 aliphatic heterocycles. The molecule has 2 aromatic rings. The van der Waals surface area contributed by atoms with Crippen LogP contribution in [0.15, 0.2) is 30.6 Å². The summed E-state index contributed by atoms with van der Waals surface area (Å²) in [4.78, 5) is 12.0. The molecule has 1 amide bonds. The van der Waals surface area contributed by atoms with Gasteiger partial charge in [0.25, 0.3) is 5.91 Å². The molecule has 5 nitrogen and oxygen atoms in total. The summed E-state index contributed by atoms with van der Waals surface area (Å²) in [7, 11) is 0. The number of hydrogen-bond acceptors (Lipinski definition) is 3. The molecule has 112 valence electrons. The van der Waals surface area contributed by atoms with E-state index in [1.165, 1.54) is 12.3 Å². The summed E-state index contributed by atoms with van der Waals surface area (Å²) in [5, 5.41) is 8.92. The van der Waals surface area contributed by atoms with Crippen LogP contribution in [0.3, 0.4) is 0 Å². The number of alkyl halides is 3. The molecule has 0 aliphatic carbocycles.